The number of hydrogen-bond acceptors (Lipinski definition) is 1. The lowest BCUT2D eigenvalue weighted by atomic mass is 10.0. The van der Waals surface area contributed by atoms with E-state index in [1.165, 1.54) is 26.7 Å². The molecular weight excluding hydrogens is 262 g/mol. The lowest BCUT2D eigenvalue weighted by Gasteiger charge is -2.08. The molecule has 0 aliphatic rings. The van der Waals surface area contributed by atoms with Gasteiger partial charge in [-0.1, -0.05) is 15.9 Å². The minimum atomic E-state index is 1.04. The number of rotatable bonds is 1. The number of aryl methyl sites for hydroxylation is 3. The molecule has 0 saturated heterocycles. The van der Waals surface area contributed by atoms with Crippen LogP contribution in [0.25, 0.3) is 11.3 Å². The topological polar surface area (TPSA) is 12.9 Å². The second-order valence-corrected chi connectivity index (χ2v) is 4.94. The number of pyridine rings is 1. The summed E-state index contributed by atoms with van der Waals surface area (Å²) >= 11 is 3.58. The molecule has 2 aromatic rings. The van der Waals surface area contributed by atoms with Gasteiger partial charge >= 0.3 is 0 Å². The van der Waals surface area contributed by atoms with Gasteiger partial charge in [-0.05, 0) is 61.7 Å². The number of aromatic nitrogens is 1. The van der Waals surface area contributed by atoms with Crippen molar-refractivity contribution >= 4 is 15.9 Å². The Morgan fingerprint density at radius 2 is 1.62 bits per heavy atom. The van der Waals surface area contributed by atoms with Crippen molar-refractivity contribution in [2.24, 2.45) is 0 Å². The van der Waals surface area contributed by atoms with Crippen LogP contribution in [-0.4, -0.2) is 4.98 Å². The third-order valence-electron chi connectivity index (χ3n) is 2.65. The van der Waals surface area contributed by atoms with Crippen molar-refractivity contribution in [1.29, 1.82) is 0 Å². The highest BCUT2D eigenvalue weighted by atomic mass is 79.9. The quantitative estimate of drug-likeness (QED) is 0.750. The predicted octanol–water partition coefficient (Wildman–Crippen LogP) is 4.44. The Balaban J connectivity index is 2.57. The molecule has 16 heavy (non-hydrogen) atoms. The second-order valence-electron chi connectivity index (χ2n) is 4.14. The van der Waals surface area contributed by atoms with Crippen LogP contribution in [-0.2, 0) is 0 Å². The van der Waals surface area contributed by atoms with Gasteiger partial charge in [-0.3, -0.25) is 4.98 Å². The van der Waals surface area contributed by atoms with Crippen LogP contribution in [0.15, 0.2) is 34.9 Å². The van der Waals surface area contributed by atoms with Crippen LogP contribution in [0.4, 0.5) is 0 Å². The number of benzene rings is 1. The molecule has 82 valence electrons. The van der Waals surface area contributed by atoms with Crippen molar-refractivity contribution in [2.75, 3.05) is 0 Å². The number of nitrogens with zero attached hydrogens (tertiary/aromatic N) is 1. The van der Waals surface area contributed by atoms with Crippen LogP contribution in [0.5, 0.6) is 0 Å². The lowest BCUT2D eigenvalue weighted by molar-refractivity contribution is 1.26. The Hall–Kier alpha value is -1.15. The van der Waals surface area contributed by atoms with E-state index in [2.05, 4.69) is 59.9 Å². The van der Waals surface area contributed by atoms with Crippen LogP contribution < -0.4 is 0 Å². The Labute approximate surface area is 105 Å². The monoisotopic (exact) mass is 275 g/mol. The van der Waals surface area contributed by atoms with Crippen molar-refractivity contribution in [3.8, 4) is 11.3 Å². The molecule has 1 aromatic heterocycles. The molecule has 0 radical (unpaired) electrons. The minimum absolute atomic E-state index is 1.04. The van der Waals surface area contributed by atoms with Gasteiger partial charge in [-0.25, -0.2) is 0 Å². The molecule has 1 nitrogen and oxygen atoms in total. The van der Waals surface area contributed by atoms with Gasteiger partial charge in [-0.2, -0.15) is 0 Å². The van der Waals surface area contributed by atoms with Gasteiger partial charge in [0, 0.05) is 16.2 Å². The highest BCUT2D eigenvalue weighted by Gasteiger charge is 2.05. The van der Waals surface area contributed by atoms with E-state index in [1.807, 2.05) is 12.3 Å². The molecule has 1 heterocycles. The summed E-state index contributed by atoms with van der Waals surface area (Å²) in [6.07, 6.45) is 1.86. The number of halogens is 1. The van der Waals surface area contributed by atoms with Crippen LogP contribution in [0.1, 0.15) is 16.7 Å². The normalized spacial score (nSPS) is 10.5. The van der Waals surface area contributed by atoms with Crippen molar-refractivity contribution < 1.29 is 0 Å². The first-order valence-corrected chi connectivity index (χ1v) is 6.07. The van der Waals surface area contributed by atoms with Crippen molar-refractivity contribution in [3.05, 3.63) is 51.6 Å². The molecular formula is C14H14BrN. The largest absolute Gasteiger partial charge is 0.256 e. The fourth-order valence-electron chi connectivity index (χ4n) is 1.79. The molecule has 0 amide bonds. The maximum atomic E-state index is 4.41. The van der Waals surface area contributed by atoms with Gasteiger partial charge in [0.05, 0.1) is 5.69 Å². The first-order chi connectivity index (χ1) is 7.58. The van der Waals surface area contributed by atoms with Crippen LogP contribution in [0.3, 0.4) is 0 Å². The highest BCUT2D eigenvalue weighted by Crippen LogP contribution is 2.27. The van der Waals surface area contributed by atoms with Crippen molar-refractivity contribution in [3.63, 3.8) is 0 Å². The van der Waals surface area contributed by atoms with E-state index in [9.17, 15) is 0 Å². The third-order valence-corrected chi connectivity index (χ3v) is 3.90. The Morgan fingerprint density at radius 1 is 1.00 bits per heavy atom. The summed E-state index contributed by atoms with van der Waals surface area (Å²) in [6, 6.07) is 8.46. The van der Waals surface area contributed by atoms with Crippen LogP contribution in [0, 0.1) is 20.8 Å². The van der Waals surface area contributed by atoms with Gasteiger partial charge in [0.2, 0.25) is 0 Å². The van der Waals surface area contributed by atoms with Gasteiger partial charge in [0.15, 0.2) is 0 Å². The molecule has 0 aliphatic carbocycles. The zero-order valence-corrected chi connectivity index (χ0v) is 11.3. The van der Waals surface area contributed by atoms with Crippen LogP contribution in [0.2, 0.25) is 0 Å². The van der Waals surface area contributed by atoms with E-state index < -0.39 is 0 Å². The molecule has 2 rings (SSSR count). The molecule has 0 saturated carbocycles. The average molecular weight is 276 g/mol. The van der Waals surface area contributed by atoms with E-state index in [-0.39, 0.29) is 0 Å². The lowest BCUT2D eigenvalue weighted by Crippen LogP contribution is -1.88. The Kier molecular flexibility index (Phi) is 3.10. The minimum Gasteiger partial charge on any atom is -0.256 e. The van der Waals surface area contributed by atoms with E-state index in [0.29, 0.717) is 0 Å². The zero-order chi connectivity index (χ0) is 11.7. The van der Waals surface area contributed by atoms with E-state index in [4.69, 9.17) is 0 Å². The van der Waals surface area contributed by atoms with Gasteiger partial charge in [0.1, 0.15) is 0 Å². The molecule has 2 heteroatoms. The maximum absolute atomic E-state index is 4.41. The Bertz CT molecular complexity index is 509. The average Bonchev–Trinajstić information content (AvgIpc) is 2.25. The summed E-state index contributed by atoms with van der Waals surface area (Å²) in [5, 5.41) is 0. The van der Waals surface area contributed by atoms with E-state index in [1.54, 1.807) is 0 Å². The first kappa shape index (κ1) is 11.3. The molecule has 0 spiro atoms. The first-order valence-electron chi connectivity index (χ1n) is 5.27. The molecule has 0 bridgehead atoms. The van der Waals surface area contributed by atoms with E-state index >= 15 is 0 Å². The highest BCUT2D eigenvalue weighted by molar-refractivity contribution is 9.10. The molecule has 0 N–H and O–H groups in total. The molecule has 0 fully saturated rings. The van der Waals surface area contributed by atoms with Gasteiger partial charge in [0.25, 0.3) is 0 Å². The van der Waals surface area contributed by atoms with Gasteiger partial charge < -0.3 is 0 Å². The summed E-state index contributed by atoms with van der Waals surface area (Å²) in [6.45, 7) is 6.30. The molecule has 0 aliphatic heterocycles. The molecule has 0 unspecified atom stereocenters. The standard InChI is InChI=1S/C14H14BrN/c1-9-4-5-16-13(6-9)12-7-10(2)14(15)11(3)8-12/h4-8H,1-3H3. The zero-order valence-electron chi connectivity index (χ0n) is 9.71. The van der Waals surface area contributed by atoms with Crippen molar-refractivity contribution in [1.82, 2.24) is 4.98 Å². The molecule has 0 atom stereocenters. The summed E-state index contributed by atoms with van der Waals surface area (Å²) in [5.41, 5.74) is 5.96. The SMILES string of the molecule is Cc1ccnc(-c2cc(C)c(Br)c(C)c2)c1. The summed E-state index contributed by atoms with van der Waals surface area (Å²) in [5.74, 6) is 0. The summed E-state index contributed by atoms with van der Waals surface area (Å²) in [4.78, 5) is 4.41. The fraction of sp³-hybridized carbons (Fsp3) is 0.214. The third kappa shape index (κ3) is 2.17. The fourth-order valence-corrected chi connectivity index (χ4v) is 2.02. The number of hydrogen-bond donors (Lipinski definition) is 0. The summed E-state index contributed by atoms with van der Waals surface area (Å²) in [7, 11) is 0. The summed E-state index contributed by atoms with van der Waals surface area (Å²) < 4.78 is 1.18. The smallest absolute Gasteiger partial charge is 0.0704 e. The van der Waals surface area contributed by atoms with Crippen LogP contribution >= 0.6 is 15.9 Å². The van der Waals surface area contributed by atoms with Crippen molar-refractivity contribution in [2.45, 2.75) is 20.8 Å². The second kappa shape index (κ2) is 4.38. The Morgan fingerprint density at radius 3 is 2.19 bits per heavy atom. The van der Waals surface area contributed by atoms with E-state index in [0.717, 1.165) is 5.69 Å². The predicted molar refractivity (Wildman–Crippen MR) is 71.6 cm³/mol. The van der Waals surface area contributed by atoms with Gasteiger partial charge in [-0.15, -0.1) is 0 Å². The molecule has 1 aromatic carbocycles. The maximum Gasteiger partial charge on any atom is 0.0704 e.